The lowest BCUT2D eigenvalue weighted by molar-refractivity contribution is -0.133. The summed E-state index contributed by atoms with van der Waals surface area (Å²) in [5, 5.41) is 19.1. The van der Waals surface area contributed by atoms with Crippen LogP contribution in [0, 0.1) is 40.3 Å². The molecule has 0 aromatic heterocycles. The smallest absolute Gasteiger partial charge is 0.411 e. The quantitative estimate of drug-likeness (QED) is 0.418. The average Bonchev–Trinajstić information content (AvgIpc) is 2.91. The molecule has 0 N–H and O–H groups in total. The van der Waals surface area contributed by atoms with Crippen molar-refractivity contribution in [2.45, 2.75) is 81.9 Å². The van der Waals surface area contributed by atoms with Gasteiger partial charge in [-0.2, -0.15) is 10.5 Å². The lowest BCUT2D eigenvalue weighted by Gasteiger charge is -2.50. The molecule has 3 aliphatic rings. The Labute approximate surface area is 240 Å². The first-order valence-electron chi connectivity index (χ1n) is 13.7. The van der Waals surface area contributed by atoms with E-state index in [1.165, 1.54) is 24.3 Å². The maximum Gasteiger partial charge on any atom is 0.411 e. The van der Waals surface area contributed by atoms with Gasteiger partial charge in [0, 0.05) is 18.7 Å². The number of nitrogens with zero attached hydrogens (tertiary/aromatic N) is 3. The van der Waals surface area contributed by atoms with Crippen molar-refractivity contribution in [3.63, 3.8) is 0 Å². The minimum Gasteiger partial charge on any atom is -0.444 e. The number of sulfone groups is 1. The minimum absolute atomic E-state index is 0.00354. The maximum atomic E-state index is 15.2. The van der Waals surface area contributed by atoms with E-state index in [0.717, 1.165) is 31.9 Å². The van der Waals surface area contributed by atoms with E-state index in [4.69, 9.17) is 4.74 Å². The van der Waals surface area contributed by atoms with Gasteiger partial charge in [-0.1, -0.05) is 18.2 Å². The molecule has 2 aliphatic heterocycles. The van der Waals surface area contributed by atoms with Crippen molar-refractivity contribution in [2.24, 2.45) is 11.8 Å². The van der Waals surface area contributed by atoms with Crippen LogP contribution in [0.3, 0.4) is 0 Å². The number of fused-ring (bicyclic) bond motifs is 3. The summed E-state index contributed by atoms with van der Waals surface area (Å²) in [6.07, 6.45) is 3.69. The summed E-state index contributed by atoms with van der Waals surface area (Å²) in [4.78, 5) is 28.1. The molecule has 1 saturated carbocycles. The Morgan fingerprint density at radius 2 is 1.71 bits per heavy atom. The van der Waals surface area contributed by atoms with Crippen molar-refractivity contribution >= 4 is 21.7 Å². The van der Waals surface area contributed by atoms with Crippen molar-refractivity contribution in [1.82, 2.24) is 4.90 Å². The third-order valence-electron chi connectivity index (χ3n) is 7.80. The molecule has 216 valence electrons. The van der Waals surface area contributed by atoms with Crippen LogP contribution in [0.4, 0.5) is 9.18 Å². The summed E-state index contributed by atoms with van der Waals surface area (Å²) in [5.41, 5.74) is 0.392. The summed E-state index contributed by atoms with van der Waals surface area (Å²) in [5.74, 6) is -1.58. The molecule has 10 heteroatoms. The van der Waals surface area contributed by atoms with Crippen LogP contribution in [0.5, 0.6) is 0 Å². The second-order valence-electron chi connectivity index (χ2n) is 12.0. The molecule has 2 bridgehead atoms. The van der Waals surface area contributed by atoms with Gasteiger partial charge >= 0.3 is 6.09 Å². The van der Waals surface area contributed by atoms with E-state index < -0.39 is 39.3 Å². The lowest BCUT2D eigenvalue weighted by atomic mass is 9.72. The van der Waals surface area contributed by atoms with E-state index in [9.17, 15) is 28.5 Å². The minimum atomic E-state index is -3.67. The molecular weight excluding hydrogens is 545 g/mol. The van der Waals surface area contributed by atoms with Gasteiger partial charge < -0.3 is 4.74 Å². The molecule has 2 aromatic carbocycles. The van der Waals surface area contributed by atoms with Gasteiger partial charge in [-0.25, -0.2) is 17.6 Å². The maximum absolute atomic E-state index is 15.2. The number of ketones is 1. The van der Waals surface area contributed by atoms with E-state index in [1.807, 2.05) is 6.07 Å². The standard InChI is InChI=1S/C31H34FN3O5S/c1-31(2,3)40-30(37)35-25-11-9-20(10-12-25)29(35)27(36)14-19(17-33)13-23-7-5-21(15-26(23)32)22-6-8-24(18-34)28(16-22)41(4,38)39/h5-8,15-16,19-20,25,29H,9-14H2,1-4H3/t19-,20?,25?,29+/m1/s1. The SMILES string of the molecule is CC(C)(C)OC(=O)N1C2CCC(CC2)[C@H]1C(=O)C[C@H](C#N)Cc1ccc(-c2ccc(C#N)c(S(C)(=O)=O)c2)cc1F. The number of piperidine rings is 2. The average molecular weight is 580 g/mol. The predicted molar refractivity (Wildman–Crippen MR) is 150 cm³/mol. The lowest BCUT2D eigenvalue weighted by Crippen LogP contribution is -2.61. The number of carbonyl (C=O) groups excluding carboxylic acids is 2. The van der Waals surface area contributed by atoms with Crippen LogP contribution in [-0.4, -0.2) is 49.1 Å². The molecule has 2 heterocycles. The Bertz CT molecular complexity index is 1540. The fourth-order valence-corrected chi connectivity index (χ4v) is 6.79. The number of nitriles is 2. The molecule has 0 spiro atoms. The summed E-state index contributed by atoms with van der Waals surface area (Å²) < 4.78 is 45.1. The van der Waals surface area contributed by atoms with Crippen molar-refractivity contribution in [2.75, 3.05) is 6.26 Å². The fourth-order valence-electron chi connectivity index (χ4n) is 5.93. The zero-order chi connectivity index (χ0) is 30.1. The summed E-state index contributed by atoms with van der Waals surface area (Å²) in [6.45, 7) is 5.34. The van der Waals surface area contributed by atoms with Crippen LogP contribution in [-0.2, 0) is 25.8 Å². The van der Waals surface area contributed by atoms with E-state index in [1.54, 1.807) is 37.8 Å². The van der Waals surface area contributed by atoms with Gasteiger partial charge in [-0.15, -0.1) is 0 Å². The third-order valence-corrected chi connectivity index (χ3v) is 8.94. The van der Waals surface area contributed by atoms with Gasteiger partial charge in [0.1, 0.15) is 17.5 Å². The second-order valence-corrected chi connectivity index (χ2v) is 14.0. The number of hydrogen-bond acceptors (Lipinski definition) is 7. The van der Waals surface area contributed by atoms with E-state index in [0.29, 0.717) is 11.1 Å². The zero-order valence-electron chi connectivity index (χ0n) is 23.7. The van der Waals surface area contributed by atoms with Crippen LogP contribution in [0.2, 0.25) is 0 Å². The highest BCUT2D eigenvalue weighted by Gasteiger charge is 2.48. The summed E-state index contributed by atoms with van der Waals surface area (Å²) in [6, 6.07) is 11.9. The Balaban J connectivity index is 1.51. The van der Waals surface area contributed by atoms with Gasteiger partial charge in [-0.3, -0.25) is 9.69 Å². The Morgan fingerprint density at radius 3 is 2.27 bits per heavy atom. The van der Waals surface area contributed by atoms with E-state index in [-0.39, 0.29) is 46.6 Å². The van der Waals surface area contributed by atoms with Crippen LogP contribution in [0.15, 0.2) is 41.3 Å². The van der Waals surface area contributed by atoms with Gasteiger partial charge in [-0.05, 0) is 93.7 Å². The summed E-state index contributed by atoms with van der Waals surface area (Å²) >= 11 is 0. The van der Waals surface area contributed by atoms with E-state index in [2.05, 4.69) is 6.07 Å². The number of ether oxygens (including phenoxy) is 1. The van der Waals surface area contributed by atoms with Gasteiger partial charge in [0.15, 0.2) is 15.6 Å². The highest BCUT2D eigenvalue weighted by molar-refractivity contribution is 7.90. The van der Waals surface area contributed by atoms with Crippen molar-refractivity contribution in [3.8, 4) is 23.3 Å². The van der Waals surface area contributed by atoms with Crippen LogP contribution >= 0.6 is 0 Å². The third kappa shape index (κ3) is 6.77. The number of Topliss-reactive ketones (excluding diaryl/α,β-unsaturated/α-hetero) is 1. The summed E-state index contributed by atoms with van der Waals surface area (Å²) in [7, 11) is -3.67. The van der Waals surface area contributed by atoms with Gasteiger partial charge in [0.2, 0.25) is 0 Å². The monoisotopic (exact) mass is 579 g/mol. The highest BCUT2D eigenvalue weighted by Crippen LogP contribution is 2.41. The normalized spacial score (nSPS) is 21.0. The number of rotatable bonds is 7. The first kappa shape index (κ1) is 30.2. The molecule has 3 fully saturated rings. The molecule has 0 unspecified atom stereocenters. The molecular formula is C31H34FN3O5S. The first-order valence-corrected chi connectivity index (χ1v) is 15.6. The fraction of sp³-hybridized carbons (Fsp3) is 0.484. The second kappa shape index (κ2) is 11.6. The molecule has 8 nitrogen and oxygen atoms in total. The highest BCUT2D eigenvalue weighted by atomic mass is 32.2. The van der Waals surface area contributed by atoms with Crippen LogP contribution in [0.1, 0.15) is 64.0 Å². The molecule has 1 amide bonds. The number of benzene rings is 2. The molecule has 1 aliphatic carbocycles. The number of hydrogen-bond donors (Lipinski definition) is 0. The van der Waals surface area contributed by atoms with Crippen molar-refractivity contribution < 1.29 is 27.1 Å². The largest absolute Gasteiger partial charge is 0.444 e. The molecule has 0 radical (unpaired) electrons. The number of amides is 1. The van der Waals surface area contributed by atoms with Crippen molar-refractivity contribution in [1.29, 1.82) is 10.5 Å². The Kier molecular flexibility index (Phi) is 8.56. The molecule has 2 saturated heterocycles. The molecule has 41 heavy (non-hydrogen) atoms. The van der Waals surface area contributed by atoms with Crippen LogP contribution < -0.4 is 0 Å². The number of halogens is 1. The first-order chi connectivity index (χ1) is 19.2. The molecule has 5 rings (SSSR count). The van der Waals surface area contributed by atoms with Gasteiger partial charge in [0.25, 0.3) is 0 Å². The number of carbonyl (C=O) groups is 2. The molecule has 2 aromatic rings. The van der Waals surface area contributed by atoms with Crippen LogP contribution in [0.25, 0.3) is 11.1 Å². The topological polar surface area (TPSA) is 128 Å². The van der Waals surface area contributed by atoms with Gasteiger partial charge in [0.05, 0.1) is 28.5 Å². The van der Waals surface area contributed by atoms with Crippen molar-refractivity contribution in [3.05, 3.63) is 53.3 Å². The Hall–Kier alpha value is -3.76. The van der Waals surface area contributed by atoms with E-state index >= 15 is 4.39 Å². The Morgan fingerprint density at radius 1 is 1.07 bits per heavy atom. The predicted octanol–water partition coefficient (Wildman–Crippen LogP) is 5.59. The molecule has 2 atom stereocenters. The zero-order valence-corrected chi connectivity index (χ0v) is 24.5.